The van der Waals surface area contributed by atoms with Crippen LogP contribution < -0.4 is 0 Å². The fourth-order valence-corrected chi connectivity index (χ4v) is 8.54. The normalized spacial score (nSPS) is 18.9. The Bertz CT molecular complexity index is 1230. The number of carbonyl (C=O) groups is 4. The zero-order valence-corrected chi connectivity index (χ0v) is 42.9. The minimum atomic E-state index is -1.89. The number of hydrogen-bond acceptors (Lipinski definition) is 11. The topological polar surface area (TPSA) is 175 Å². The quantitative estimate of drug-likeness (QED) is 0.0228. The number of unbranched alkanes of at least 4 members (excludes halogenated alkanes) is 31. The smallest absolute Gasteiger partial charge is 0.335 e. The Morgan fingerprint density at radius 1 is 0.478 bits per heavy atom. The van der Waals surface area contributed by atoms with Crippen molar-refractivity contribution < 1.29 is 58.2 Å². The molecule has 0 amide bonds. The molecule has 67 heavy (non-hydrogen) atoms. The van der Waals surface area contributed by atoms with Crippen molar-refractivity contribution in [3.63, 3.8) is 0 Å². The summed E-state index contributed by atoms with van der Waals surface area (Å²) >= 11 is 0. The standard InChI is InChI=1S/C55H100O12/c1-4-7-10-13-16-19-20-21-22-23-24-25-26-27-28-31-32-35-38-41-47(56)63-44-46(65-48(57)42-39-36-33-29-17-14-11-8-5-2)45-64-55-53(51(60)50(59)52(67-55)54(61)62)66-49(58)43-40-37-34-30-18-15-12-9-6-3/h21-22,46,50-53,55,59-60H,4-20,23-45H2,1-3H3,(H,61,62)/b22-21-. The highest BCUT2D eigenvalue weighted by molar-refractivity contribution is 5.74. The number of ether oxygens (including phenoxy) is 5. The molecule has 392 valence electrons. The number of carboxylic acid groups (broad SMARTS) is 1. The summed E-state index contributed by atoms with van der Waals surface area (Å²) in [4.78, 5) is 50.7. The van der Waals surface area contributed by atoms with E-state index in [1.807, 2.05) is 0 Å². The van der Waals surface area contributed by atoms with Gasteiger partial charge in [0.25, 0.3) is 0 Å². The summed E-state index contributed by atoms with van der Waals surface area (Å²) in [6.07, 6.45) is 35.1. The first-order valence-corrected chi connectivity index (χ1v) is 27.7. The van der Waals surface area contributed by atoms with Crippen molar-refractivity contribution >= 4 is 23.9 Å². The number of hydrogen-bond donors (Lipinski definition) is 3. The molecule has 0 spiro atoms. The second-order valence-electron chi connectivity index (χ2n) is 19.2. The molecule has 0 bridgehead atoms. The molecule has 1 aliphatic heterocycles. The van der Waals surface area contributed by atoms with E-state index in [-0.39, 0.29) is 25.9 Å². The van der Waals surface area contributed by atoms with Crippen molar-refractivity contribution in [1.29, 1.82) is 0 Å². The summed E-state index contributed by atoms with van der Waals surface area (Å²) in [7, 11) is 0. The Morgan fingerprint density at radius 3 is 1.27 bits per heavy atom. The number of aliphatic carboxylic acids is 1. The van der Waals surface area contributed by atoms with E-state index in [2.05, 4.69) is 32.9 Å². The average molecular weight is 953 g/mol. The molecule has 1 heterocycles. The van der Waals surface area contributed by atoms with Gasteiger partial charge in [-0.25, -0.2) is 4.79 Å². The van der Waals surface area contributed by atoms with E-state index in [9.17, 15) is 34.5 Å². The monoisotopic (exact) mass is 953 g/mol. The predicted molar refractivity (Wildman–Crippen MR) is 267 cm³/mol. The van der Waals surface area contributed by atoms with Gasteiger partial charge in [-0.3, -0.25) is 14.4 Å². The molecule has 6 unspecified atom stereocenters. The number of carbonyl (C=O) groups excluding carboxylic acids is 3. The van der Waals surface area contributed by atoms with Crippen LogP contribution in [0.15, 0.2) is 12.2 Å². The fourth-order valence-electron chi connectivity index (χ4n) is 8.54. The molecule has 3 N–H and O–H groups in total. The maximum atomic E-state index is 13.0. The van der Waals surface area contributed by atoms with Gasteiger partial charge in [0.15, 0.2) is 24.6 Å². The van der Waals surface area contributed by atoms with Gasteiger partial charge >= 0.3 is 23.9 Å². The van der Waals surface area contributed by atoms with E-state index in [1.165, 1.54) is 141 Å². The molecule has 0 aromatic heterocycles. The summed E-state index contributed by atoms with van der Waals surface area (Å²) in [6.45, 7) is 5.93. The molecule has 1 fully saturated rings. The Balaban J connectivity index is 2.62. The third kappa shape index (κ3) is 35.3. The van der Waals surface area contributed by atoms with Crippen LogP contribution in [0.4, 0.5) is 0 Å². The Kier molecular flexibility index (Phi) is 41.6. The van der Waals surface area contributed by atoms with Crippen molar-refractivity contribution in [3.8, 4) is 0 Å². The lowest BCUT2D eigenvalue weighted by atomic mass is 9.98. The summed E-state index contributed by atoms with van der Waals surface area (Å²) in [5.41, 5.74) is 0. The van der Waals surface area contributed by atoms with Crippen LogP contribution in [0, 0.1) is 0 Å². The highest BCUT2D eigenvalue weighted by Crippen LogP contribution is 2.26. The Labute approximate surface area is 407 Å². The van der Waals surface area contributed by atoms with Crippen molar-refractivity contribution in [2.75, 3.05) is 13.2 Å². The molecular formula is C55H100O12. The summed E-state index contributed by atoms with van der Waals surface area (Å²) < 4.78 is 28.3. The van der Waals surface area contributed by atoms with Crippen molar-refractivity contribution in [3.05, 3.63) is 12.2 Å². The van der Waals surface area contributed by atoms with Crippen LogP contribution in [0.3, 0.4) is 0 Å². The van der Waals surface area contributed by atoms with Gasteiger partial charge in [0, 0.05) is 19.3 Å². The molecule has 1 saturated heterocycles. The van der Waals surface area contributed by atoms with E-state index in [0.717, 1.165) is 64.2 Å². The average Bonchev–Trinajstić information content (AvgIpc) is 3.31. The number of aliphatic hydroxyl groups excluding tert-OH is 2. The van der Waals surface area contributed by atoms with Crippen LogP contribution in [-0.2, 0) is 42.9 Å². The second-order valence-corrected chi connectivity index (χ2v) is 19.2. The predicted octanol–water partition coefficient (Wildman–Crippen LogP) is 13.3. The maximum Gasteiger partial charge on any atom is 0.335 e. The van der Waals surface area contributed by atoms with Gasteiger partial charge in [0.1, 0.15) is 18.8 Å². The lowest BCUT2D eigenvalue weighted by molar-refractivity contribution is -0.301. The van der Waals surface area contributed by atoms with Gasteiger partial charge < -0.3 is 39.0 Å². The van der Waals surface area contributed by atoms with Gasteiger partial charge in [-0.1, -0.05) is 213 Å². The minimum absolute atomic E-state index is 0.0664. The fraction of sp³-hybridized carbons (Fsp3) is 0.891. The number of rotatable bonds is 47. The molecule has 0 aromatic rings. The molecule has 12 heteroatoms. The van der Waals surface area contributed by atoms with E-state index < -0.39 is 67.3 Å². The van der Waals surface area contributed by atoms with Gasteiger partial charge in [0.2, 0.25) is 0 Å². The number of esters is 3. The number of aliphatic hydroxyl groups is 2. The highest BCUT2D eigenvalue weighted by atomic mass is 16.7. The summed E-state index contributed by atoms with van der Waals surface area (Å²) in [6, 6.07) is 0. The zero-order valence-electron chi connectivity index (χ0n) is 42.9. The van der Waals surface area contributed by atoms with E-state index >= 15 is 0 Å². The second kappa shape index (κ2) is 44.7. The molecule has 12 nitrogen and oxygen atoms in total. The first kappa shape index (κ1) is 62.5. The maximum absolute atomic E-state index is 13.0. The lowest BCUT2D eigenvalue weighted by Gasteiger charge is -2.40. The molecule has 6 atom stereocenters. The summed E-state index contributed by atoms with van der Waals surface area (Å²) in [5.74, 6) is -3.10. The minimum Gasteiger partial charge on any atom is -0.479 e. The Morgan fingerprint density at radius 2 is 0.851 bits per heavy atom. The third-order valence-corrected chi connectivity index (χ3v) is 12.8. The van der Waals surface area contributed by atoms with Gasteiger partial charge in [0.05, 0.1) is 6.61 Å². The first-order valence-electron chi connectivity index (χ1n) is 27.7. The molecular weight excluding hydrogens is 853 g/mol. The molecule has 0 aliphatic carbocycles. The largest absolute Gasteiger partial charge is 0.479 e. The molecule has 0 aromatic carbocycles. The molecule has 1 rings (SSSR count). The van der Waals surface area contributed by atoms with Crippen LogP contribution in [0.1, 0.15) is 265 Å². The van der Waals surface area contributed by atoms with Crippen LogP contribution in [-0.4, -0.2) is 89.2 Å². The SMILES string of the molecule is CCCCCCCC/C=C\CCCCCCCCCCCC(=O)OCC(COC1OC(C(=O)O)C(O)C(O)C1OC(=O)CCCCCCCCCCC)OC(=O)CCCCCCCCCCC. The van der Waals surface area contributed by atoms with Crippen molar-refractivity contribution in [2.24, 2.45) is 0 Å². The van der Waals surface area contributed by atoms with Crippen LogP contribution in [0.5, 0.6) is 0 Å². The Hall–Kier alpha value is -2.54. The van der Waals surface area contributed by atoms with Crippen molar-refractivity contribution in [2.45, 2.75) is 302 Å². The van der Waals surface area contributed by atoms with Gasteiger partial charge in [-0.2, -0.15) is 0 Å². The van der Waals surface area contributed by atoms with Crippen molar-refractivity contribution in [1.82, 2.24) is 0 Å². The molecule has 0 radical (unpaired) electrons. The summed E-state index contributed by atoms with van der Waals surface area (Å²) in [5, 5.41) is 31.3. The lowest BCUT2D eigenvalue weighted by Crippen LogP contribution is -2.61. The van der Waals surface area contributed by atoms with E-state index in [1.54, 1.807) is 0 Å². The number of carboxylic acids is 1. The van der Waals surface area contributed by atoms with E-state index in [4.69, 9.17) is 23.7 Å². The zero-order chi connectivity index (χ0) is 49.0. The van der Waals surface area contributed by atoms with Crippen LogP contribution in [0.25, 0.3) is 0 Å². The van der Waals surface area contributed by atoms with E-state index in [0.29, 0.717) is 19.3 Å². The van der Waals surface area contributed by atoms with Crippen LogP contribution >= 0.6 is 0 Å². The first-order chi connectivity index (χ1) is 32.6. The molecule has 1 aliphatic rings. The molecule has 0 saturated carbocycles. The highest BCUT2D eigenvalue weighted by Gasteiger charge is 2.50. The van der Waals surface area contributed by atoms with Gasteiger partial charge in [-0.15, -0.1) is 0 Å². The van der Waals surface area contributed by atoms with Crippen LogP contribution in [0.2, 0.25) is 0 Å². The van der Waals surface area contributed by atoms with Gasteiger partial charge in [-0.05, 0) is 44.9 Å². The number of allylic oxidation sites excluding steroid dienone is 2. The third-order valence-electron chi connectivity index (χ3n) is 12.8.